The highest BCUT2D eigenvalue weighted by Gasteiger charge is 2.27. The fourth-order valence-corrected chi connectivity index (χ4v) is 5.05. The third-order valence-electron chi connectivity index (χ3n) is 5.53. The number of ketones is 1. The fourth-order valence-electron chi connectivity index (χ4n) is 3.79. The smallest absolute Gasteiger partial charge is 0.223 e. The van der Waals surface area contributed by atoms with Gasteiger partial charge in [-0.25, -0.2) is 4.99 Å². The summed E-state index contributed by atoms with van der Waals surface area (Å²) in [4.78, 5) is 32.9. The molecule has 1 amide bonds. The Morgan fingerprint density at radius 2 is 1.71 bits per heavy atom. The van der Waals surface area contributed by atoms with Crippen molar-refractivity contribution in [1.82, 2.24) is 9.62 Å². The lowest BCUT2D eigenvalue weighted by Gasteiger charge is -2.38. The predicted molar refractivity (Wildman–Crippen MR) is 122 cm³/mol. The molecule has 2 heterocycles. The Labute approximate surface area is 183 Å². The molecule has 31 heavy (non-hydrogen) atoms. The summed E-state index contributed by atoms with van der Waals surface area (Å²) in [7, 11) is -3.14. The van der Waals surface area contributed by atoms with E-state index in [1.54, 1.807) is 31.2 Å². The van der Waals surface area contributed by atoms with Gasteiger partial charge in [-0.2, -0.15) is 0 Å². The van der Waals surface area contributed by atoms with Crippen LogP contribution in [0.25, 0.3) is 0 Å². The van der Waals surface area contributed by atoms with Crippen molar-refractivity contribution in [3.63, 3.8) is 0 Å². The zero-order valence-corrected chi connectivity index (χ0v) is 18.1. The van der Waals surface area contributed by atoms with Crippen LogP contribution >= 0.6 is 10.8 Å². The number of amides is 1. The van der Waals surface area contributed by atoms with Crippen LogP contribution < -0.4 is 9.62 Å². The molecule has 0 spiro atoms. The van der Waals surface area contributed by atoms with Crippen LogP contribution in [-0.2, 0) is 4.79 Å². The number of hydrogen-bond donors (Lipinski definition) is 3. The van der Waals surface area contributed by atoms with Gasteiger partial charge in [-0.3, -0.25) is 23.4 Å². The van der Waals surface area contributed by atoms with E-state index in [-0.39, 0.29) is 18.1 Å². The van der Waals surface area contributed by atoms with Crippen LogP contribution in [0.15, 0.2) is 58.4 Å². The van der Waals surface area contributed by atoms with E-state index in [1.165, 1.54) is 0 Å². The lowest BCUT2D eigenvalue weighted by molar-refractivity contribution is -0.131. The summed E-state index contributed by atoms with van der Waals surface area (Å²) in [5.41, 5.74) is 2.26. The first-order chi connectivity index (χ1) is 14.8. The number of fused-ring (bicyclic) bond motifs is 1. The molecular weight excluding hydrogens is 416 g/mol. The molecule has 2 aromatic carbocycles. The molecule has 1 saturated heterocycles. The number of anilines is 1. The SMILES string of the molecule is CC(=O)c1ccc(N2CCN(C(=O)CCC3=Nc4ccccc4S(O)(O)N3)CC2)cc1. The van der Waals surface area contributed by atoms with Gasteiger partial charge >= 0.3 is 0 Å². The molecule has 8 nitrogen and oxygen atoms in total. The largest absolute Gasteiger partial charge is 0.368 e. The van der Waals surface area contributed by atoms with Gasteiger partial charge in [-0.1, -0.05) is 22.9 Å². The lowest BCUT2D eigenvalue weighted by Crippen LogP contribution is -2.49. The van der Waals surface area contributed by atoms with Gasteiger partial charge in [0.15, 0.2) is 5.78 Å². The molecule has 164 valence electrons. The quantitative estimate of drug-likeness (QED) is 0.610. The third kappa shape index (κ3) is 4.73. The molecule has 0 radical (unpaired) electrons. The lowest BCUT2D eigenvalue weighted by atomic mass is 10.1. The second kappa shape index (κ2) is 8.70. The summed E-state index contributed by atoms with van der Waals surface area (Å²) < 4.78 is 23.3. The number of amidine groups is 1. The number of nitrogens with one attached hydrogen (secondary N) is 1. The first-order valence-corrected chi connectivity index (χ1v) is 11.7. The van der Waals surface area contributed by atoms with Gasteiger partial charge in [-0.05, 0) is 43.3 Å². The Bertz CT molecular complexity index is 1010. The number of carbonyl (C=O) groups excluding carboxylic acids is 2. The molecule has 4 rings (SSSR count). The highest BCUT2D eigenvalue weighted by atomic mass is 32.3. The van der Waals surface area contributed by atoms with E-state index >= 15 is 0 Å². The van der Waals surface area contributed by atoms with Gasteiger partial charge in [0.2, 0.25) is 5.91 Å². The summed E-state index contributed by atoms with van der Waals surface area (Å²) in [6.45, 7) is 4.22. The highest BCUT2D eigenvalue weighted by molar-refractivity contribution is 8.23. The van der Waals surface area contributed by atoms with E-state index in [1.807, 2.05) is 29.2 Å². The minimum Gasteiger partial charge on any atom is -0.368 e. The van der Waals surface area contributed by atoms with Crippen molar-refractivity contribution in [2.45, 2.75) is 24.7 Å². The molecule has 0 bridgehead atoms. The number of nitrogens with zero attached hydrogens (tertiary/aromatic N) is 3. The van der Waals surface area contributed by atoms with E-state index in [0.29, 0.717) is 41.5 Å². The predicted octanol–water partition coefficient (Wildman–Crippen LogP) is 3.68. The van der Waals surface area contributed by atoms with Gasteiger partial charge in [0.05, 0.1) is 5.69 Å². The number of para-hydroxylation sites is 1. The van der Waals surface area contributed by atoms with Crippen molar-refractivity contribution in [3.8, 4) is 0 Å². The zero-order chi connectivity index (χ0) is 22.0. The van der Waals surface area contributed by atoms with Crippen molar-refractivity contribution in [3.05, 3.63) is 54.1 Å². The Morgan fingerprint density at radius 1 is 1.03 bits per heavy atom. The standard InChI is InChI=1S/C22H26N4O4S/c1-16(27)17-6-8-18(9-7-17)25-12-14-26(15-13-25)22(28)11-10-21-23-19-4-2-3-5-20(19)31(29,30)24-21/h2-9,29-30H,10-15H2,1H3,(H,23,24). The molecular formula is C22H26N4O4S. The average Bonchev–Trinajstić information content (AvgIpc) is 2.77. The summed E-state index contributed by atoms with van der Waals surface area (Å²) in [5, 5.41) is 0. The molecule has 0 unspecified atom stereocenters. The monoisotopic (exact) mass is 442 g/mol. The Hall–Kier alpha value is -2.88. The number of hydrogen-bond acceptors (Lipinski definition) is 7. The molecule has 3 N–H and O–H groups in total. The normalized spacial score (nSPS) is 18.5. The minimum absolute atomic E-state index is 0.0198. The van der Waals surface area contributed by atoms with Gasteiger partial charge in [-0.15, -0.1) is 0 Å². The summed E-state index contributed by atoms with van der Waals surface area (Å²) in [6.07, 6.45) is 0.562. The van der Waals surface area contributed by atoms with Crippen molar-refractivity contribution in [2.24, 2.45) is 4.99 Å². The van der Waals surface area contributed by atoms with Crippen molar-refractivity contribution in [1.29, 1.82) is 0 Å². The van der Waals surface area contributed by atoms with Gasteiger partial charge < -0.3 is 9.80 Å². The molecule has 2 aromatic rings. The Kier molecular flexibility index (Phi) is 5.99. The summed E-state index contributed by atoms with van der Waals surface area (Å²) >= 11 is 0. The fraction of sp³-hybridized carbons (Fsp3) is 0.318. The van der Waals surface area contributed by atoms with Crippen LogP contribution in [0.1, 0.15) is 30.1 Å². The number of rotatable bonds is 5. The maximum absolute atomic E-state index is 12.7. The zero-order valence-electron chi connectivity index (χ0n) is 17.3. The first-order valence-electron chi connectivity index (χ1n) is 10.2. The second-order valence-corrected chi connectivity index (χ2v) is 9.39. The third-order valence-corrected chi connectivity index (χ3v) is 7.01. The number of carbonyl (C=O) groups is 2. The van der Waals surface area contributed by atoms with Crippen LogP contribution in [0, 0.1) is 0 Å². The molecule has 2 aliphatic heterocycles. The van der Waals surface area contributed by atoms with Crippen molar-refractivity contribution < 1.29 is 18.7 Å². The average molecular weight is 443 g/mol. The minimum atomic E-state index is -3.14. The van der Waals surface area contributed by atoms with Gasteiger partial charge in [0, 0.05) is 50.3 Å². The van der Waals surface area contributed by atoms with Crippen LogP contribution in [0.2, 0.25) is 0 Å². The molecule has 2 aliphatic rings. The molecule has 9 heteroatoms. The number of aliphatic imine (C=N–C) groups is 1. The van der Waals surface area contributed by atoms with Crippen molar-refractivity contribution >= 4 is 39.7 Å². The van der Waals surface area contributed by atoms with Gasteiger partial charge in [0.1, 0.15) is 10.7 Å². The van der Waals surface area contributed by atoms with Crippen LogP contribution in [0.3, 0.4) is 0 Å². The maximum atomic E-state index is 12.7. The van der Waals surface area contributed by atoms with E-state index in [0.717, 1.165) is 18.8 Å². The Balaban J connectivity index is 1.31. The van der Waals surface area contributed by atoms with Crippen LogP contribution in [0.4, 0.5) is 11.4 Å². The number of benzene rings is 2. The van der Waals surface area contributed by atoms with Crippen LogP contribution in [0.5, 0.6) is 0 Å². The van der Waals surface area contributed by atoms with E-state index in [2.05, 4.69) is 14.6 Å². The molecule has 0 saturated carbocycles. The number of Topliss-reactive ketones (excluding diaryl/α,β-unsaturated/α-hetero) is 1. The van der Waals surface area contributed by atoms with Gasteiger partial charge in [0.25, 0.3) is 0 Å². The highest BCUT2D eigenvalue weighted by Crippen LogP contribution is 2.51. The second-order valence-electron chi connectivity index (χ2n) is 7.65. The Morgan fingerprint density at radius 3 is 2.39 bits per heavy atom. The van der Waals surface area contributed by atoms with E-state index < -0.39 is 10.8 Å². The van der Waals surface area contributed by atoms with E-state index in [4.69, 9.17) is 0 Å². The molecule has 0 atom stereocenters. The maximum Gasteiger partial charge on any atom is 0.223 e. The molecule has 1 fully saturated rings. The summed E-state index contributed by atoms with van der Waals surface area (Å²) in [6, 6.07) is 14.4. The molecule has 0 aromatic heterocycles. The number of piperazine rings is 1. The van der Waals surface area contributed by atoms with Crippen LogP contribution in [-0.4, -0.2) is 57.7 Å². The summed E-state index contributed by atoms with van der Waals surface area (Å²) in [5.74, 6) is 0.478. The first kappa shape index (κ1) is 21.4. The topological polar surface area (TPSA) is 105 Å². The molecule has 0 aliphatic carbocycles. The van der Waals surface area contributed by atoms with E-state index in [9.17, 15) is 18.7 Å². The van der Waals surface area contributed by atoms with Crippen molar-refractivity contribution in [2.75, 3.05) is 31.1 Å².